The summed E-state index contributed by atoms with van der Waals surface area (Å²) in [4.78, 5) is 0.398. The van der Waals surface area contributed by atoms with Crippen LogP contribution < -0.4 is 5.32 Å². The molecule has 0 saturated heterocycles. The monoisotopic (exact) mass is 267 g/mol. The van der Waals surface area contributed by atoms with E-state index < -0.39 is 9.84 Å². The minimum absolute atomic E-state index is 0.398. The van der Waals surface area contributed by atoms with E-state index in [2.05, 4.69) is 12.2 Å². The van der Waals surface area contributed by atoms with E-state index in [9.17, 15) is 8.42 Å². The van der Waals surface area contributed by atoms with Gasteiger partial charge in [0.25, 0.3) is 0 Å². The molecule has 1 aliphatic rings. The molecule has 18 heavy (non-hydrogen) atoms. The highest BCUT2D eigenvalue weighted by atomic mass is 32.2. The Morgan fingerprint density at radius 3 is 2.39 bits per heavy atom. The SMILES string of the molecule is CC(CCNC1CC1)c1ccc(S(C)(=O)=O)cc1. The minimum atomic E-state index is -3.08. The maximum Gasteiger partial charge on any atom is 0.175 e. The first-order valence-corrected chi connectivity index (χ1v) is 8.39. The number of nitrogens with one attached hydrogen (secondary N) is 1. The molecule has 1 saturated carbocycles. The molecule has 1 aromatic rings. The molecular formula is C14H21NO2S. The average Bonchev–Trinajstić information content (AvgIpc) is 3.12. The van der Waals surface area contributed by atoms with E-state index in [-0.39, 0.29) is 0 Å². The molecular weight excluding hydrogens is 246 g/mol. The molecule has 1 fully saturated rings. The van der Waals surface area contributed by atoms with Gasteiger partial charge in [-0.2, -0.15) is 0 Å². The van der Waals surface area contributed by atoms with Gasteiger partial charge in [-0.25, -0.2) is 8.42 Å². The molecule has 0 aliphatic heterocycles. The van der Waals surface area contributed by atoms with Crippen LogP contribution in [0.25, 0.3) is 0 Å². The summed E-state index contributed by atoms with van der Waals surface area (Å²) in [6.45, 7) is 3.23. The van der Waals surface area contributed by atoms with Crippen LogP contribution in [0.15, 0.2) is 29.2 Å². The Kier molecular flexibility index (Phi) is 4.07. The van der Waals surface area contributed by atoms with Gasteiger partial charge in [0.15, 0.2) is 9.84 Å². The van der Waals surface area contributed by atoms with Gasteiger partial charge < -0.3 is 5.32 Å². The lowest BCUT2D eigenvalue weighted by Crippen LogP contribution is -2.18. The standard InChI is InChI=1S/C14H21NO2S/c1-11(9-10-15-13-5-6-13)12-3-7-14(8-4-12)18(2,16)17/h3-4,7-8,11,13,15H,5-6,9-10H2,1-2H3. The van der Waals surface area contributed by atoms with Crippen LogP contribution in [0.3, 0.4) is 0 Å². The van der Waals surface area contributed by atoms with Gasteiger partial charge in [-0.1, -0.05) is 19.1 Å². The lowest BCUT2D eigenvalue weighted by Gasteiger charge is -2.12. The van der Waals surface area contributed by atoms with Crippen molar-refractivity contribution >= 4 is 9.84 Å². The number of rotatable bonds is 6. The van der Waals surface area contributed by atoms with E-state index in [0.717, 1.165) is 19.0 Å². The summed E-state index contributed by atoms with van der Waals surface area (Å²) in [6.07, 6.45) is 4.97. The van der Waals surface area contributed by atoms with Crippen LogP contribution in [-0.4, -0.2) is 27.3 Å². The predicted octanol–water partition coefficient (Wildman–Crippen LogP) is 2.34. The van der Waals surface area contributed by atoms with Crippen molar-refractivity contribution < 1.29 is 8.42 Å². The van der Waals surface area contributed by atoms with Gasteiger partial charge in [-0.05, 0) is 49.4 Å². The highest BCUT2D eigenvalue weighted by Gasteiger charge is 2.20. The van der Waals surface area contributed by atoms with Crippen molar-refractivity contribution in [3.63, 3.8) is 0 Å². The summed E-state index contributed by atoms with van der Waals surface area (Å²) in [5.74, 6) is 0.463. The van der Waals surface area contributed by atoms with Crippen molar-refractivity contribution in [2.75, 3.05) is 12.8 Å². The quantitative estimate of drug-likeness (QED) is 0.860. The number of benzene rings is 1. The Bertz CT molecular complexity index is 489. The summed E-state index contributed by atoms with van der Waals surface area (Å²) in [5, 5.41) is 3.50. The first kappa shape index (κ1) is 13.6. The van der Waals surface area contributed by atoms with E-state index in [0.29, 0.717) is 10.8 Å². The van der Waals surface area contributed by atoms with Crippen molar-refractivity contribution in [1.29, 1.82) is 0 Å². The van der Waals surface area contributed by atoms with Crippen molar-refractivity contribution in [3.05, 3.63) is 29.8 Å². The van der Waals surface area contributed by atoms with E-state index in [1.807, 2.05) is 12.1 Å². The van der Waals surface area contributed by atoms with Crippen molar-refractivity contribution in [1.82, 2.24) is 5.32 Å². The van der Waals surface area contributed by atoms with Crippen LogP contribution in [0.4, 0.5) is 0 Å². The third kappa shape index (κ3) is 3.82. The highest BCUT2D eigenvalue weighted by Crippen LogP contribution is 2.22. The van der Waals surface area contributed by atoms with Crippen molar-refractivity contribution in [3.8, 4) is 0 Å². The van der Waals surface area contributed by atoms with Crippen molar-refractivity contribution in [2.24, 2.45) is 0 Å². The Morgan fingerprint density at radius 2 is 1.89 bits per heavy atom. The van der Waals surface area contributed by atoms with E-state index in [1.165, 1.54) is 24.7 Å². The molecule has 1 aromatic carbocycles. The summed E-state index contributed by atoms with van der Waals surface area (Å²) in [6, 6.07) is 8.02. The highest BCUT2D eigenvalue weighted by molar-refractivity contribution is 7.90. The molecule has 0 amide bonds. The lowest BCUT2D eigenvalue weighted by molar-refractivity contribution is 0.591. The van der Waals surface area contributed by atoms with Gasteiger partial charge in [0.2, 0.25) is 0 Å². The van der Waals surface area contributed by atoms with Crippen molar-refractivity contribution in [2.45, 2.75) is 43.0 Å². The smallest absolute Gasteiger partial charge is 0.175 e. The second-order valence-electron chi connectivity index (χ2n) is 5.26. The van der Waals surface area contributed by atoms with Gasteiger partial charge in [0.05, 0.1) is 4.90 Å². The molecule has 0 bridgehead atoms. The molecule has 100 valence electrons. The largest absolute Gasteiger partial charge is 0.314 e. The zero-order chi connectivity index (χ0) is 13.2. The van der Waals surface area contributed by atoms with Crippen LogP contribution in [-0.2, 0) is 9.84 Å². The molecule has 0 spiro atoms. The molecule has 4 heteroatoms. The maximum atomic E-state index is 11.4. The third-order valence-electron chi connectivity index (χ3n) is 3.47. The molecule has 0 heterocycles. The van der Waals surface area contributed by atoms with Crippen LogP contribution in [0.5, 0.6) is 0 Å². The fourth-order valence-electron chi connectivity index (χ4n) is 2.00. The minimum Gasteiger partial charge on any atom is -0.314 e. The van der Waals surface area contributed by atoms with Gasteiger partial charge in [-0.15, -0.1) is 0 Å². The fraction of sp³-hybridized carbons (Fsp3) is 0.571. The molecule has 0 radical (unpaired) electrons. The average molecular weight is 267 g/mol. The van der Waals surface area contributed by atoms with Gasteiger partial charge >= 0.3 is 0 Å². The lowest BCUT2D eigenvalue weighted by atomic mass is 9.98. The molecule has 3 nitrogen and oxygen atoms in total. The molecule has 0 aromatic heterocycles. The normalized spacial score (nSPS) is 17.7. The van der Waals surface area contributed by atoms with E-state index in [4.69, 9.17) is 0 Å². The van der Waals surface area contributed by atoms with E-state index in [1.54, 1.807) is 12.1 Å². The Hall–Kier alpha value is -0.870. The third-order valence-corrected chi connectivity index (χ3v) is 4.59. The maximum absolute atomic E-state index is 11.4. The van der Waals surface area contributed by atoms with Crippen LogP contribution in [0.2, 0.25) is 0 Å². The Morgan fingerprint density at radius 1 is 1.28 bits per heavy atom. The topological polar surface area (TPSA) is 46.2 Å². The summed E-state index contributed by atoms with van der Waals surface area (Å²) in [5.41, 5.74) is 1.21. The predicted molar refractivity (Wildman–Crippen MR) is 73.6 cm³/mol. The van der Waals surface area contributed by atoms with Crippen LogP contribution >= 0.6 is 0 Å². The van der Waals surface area contributed by atoms with Crippen LogP contribution in [0, 0.1) is 0 Å². The molecule has 1 unspecified atom stereocenters. The summed E-state index contributed by atoms with van der Waals surface area (Å²) in [7, 11) is -3.08. The molecule has 2 rings (SSSR count). The zero-order valence-corrected chi connectivity index (χ0v) is 11.8. The summed E-state index contributed by atoms with van der Waals surface area (Å²) < 4.78 is 22.7. The first-order valence-electron chi connectivity index (χ1n) is 6.50. The van der Waals surface area contributed by atoms with Gasteiger partial charge in [-0.3, -0.25) is 0 Å². The molecule has 1 N–H and O–H groups in total. The van der Waals surface area contributed by atoms with Gasteiger partial charge in [0, 0.05) is 12.3 Å². The first-order chi connectivity index (χ1) is 8.47. The Labute approximate surface area is 110 Å². The van der Waals surface area contributed by atoms with Crippen LogP contribution in [0.1, 0.15) is 37.7 Å². The zero-order valence-electron chi connectivity index (χ0n) is 11.0. The number of sulfone groups is 1. The second kappa shape index (κ2) is 5.41. The number of hydrogen-bond donors (Lipinski definition) is 1. The number of hydrogen-bond acceptors (Lipinski definition) is 3. The summed E-state index contributed by atoms with van der Waals surface area (Å²) >= 11 is 0. The second-order valence-corrected chi connectivity index (χ2v) is 7.28. The molecule has 1 aliphatic carbocycles. The molecule has 1 atom stereocenters. The Balaban J connectivity index is 1.91. The van der Waals surface area contributed by atoms with E-state index >= 15 is 0 Å². The fourth-order valence-corrected chi connectivity index (χ4v) is 2.63. The van der Waals surface area contributed by atoms with Gasteiger partial charge in [0.1, 0.15) is 0 Å².